The number of nitrogens with zero attached hydrogens (tertiary/aromatic N) is 2. The zero-order chi connectivity index (χ0) is 15.5. The number of nitrogens with two attached hydrogens (primary N) is 1. The Hall–Kier alpha value is -2.12. The summed E-state index contributed by atoms with van der Waals surface area (Å²) in [5.74, 6) is 0.469. The molecule has 1 aromatic carbocycles. The fourth-order valence-corrected chi connectivity index (χ4v) is 2.63. The van der Waals surface area contributed by atoms with Gasteiger partial charge in [0.05, 0.1) is 5.69 Å². The molecular weight excluding hydrogens is 288 g/mol. The van der Waals surface area contributed by atoms with Crippen molar-refractivity contribution in [1.82, 2.24) is 9.29 Å². The van der Waals surface area contributed by atoms with Crippen molar-refractivity contribution < 1.29 is 8.42 Å². The van der Waals surface area contributed by atoms with Gasteiger partial charge in [0.2, 0.25) is 10.0 Å². The first-order chi connectivity index (χ1) is 9.91. The topological polar surface area (TPSA) is 88.3 Å². The van der Waals surface area contributed by atoms with Gasteiger partial charge in [-0.1, -0.05) is 30.3 Å². The van der Waals surface area contributed by atoms with Gasteiger partial charge < -0.3 is 11.1 Å². The third-order valence-corrected chi connectivity index (χ3v) is 4.75. The molecule has 0 fully saturated rings. The summed E-state index contributed by atoms with van der Waals surface area (Å²) in [6.45, 7) is 0.567. The Bertz CT molecular complexity index is 715. The molecule has 7 heteroatoms. The lowest BCUT2D eigenvalue weighted by Crippen LogP contribution is -2.22. The minimum absolute atomic E-state index is 0.0789. The van der Waals surface area contributed by atoms with Crippen LogP contribution in [0.25, 0.3) is 0 Å². The largest absolute Gasteiger partial charge is 0.396 e. The van der Waals surface area contributed by atoms with Gasteiger partial charge in [-0.3, -0.25) is 0 Å². The van der Waals surface area contributed by atoms with Crippen LogP contribution in [0.5, 0.6) is 0 Å². The Balaban J connectivity index is 2.17. The van der Waals surface area contributed by atoms with E-state index in [1.54, 1.807) is 0 Å². The van der Waals surface area contributed by atoms with Crippen molar-refractivity contribution in [3.05, 3.63) is 48.2 Å². The molecule has 2 rings (SSSR count). The first kappa shape index (κ1) is 15.3. The smallest absolute Gasteiger partial charge is 0.244 e. The Kier molecular flexibility index (Phi) is 4.44. The van der Waals surface area contributed by atoms with Gasteiger partial charge in [-0.05, 0) is 11.6 Å². The molecule has 0 aliphatic heterocycles. The van der Waals surface area contributed by atoms with Crippen molar-refractivity contribution >= 4 is 21.5 Å². The average Bonchev–Trinajstić information content (AvgIpc) is 2.46. The summed E-state index contributed by atoms with van der Waals surface area (Å²) < 4.78 is 25.1. The van der Waals surface area contributed by atoms with Gasteiger partial charge in [-0.15, -0.1) is 0 Å². The molecule has 2 aromatic rings. The number of hydrogen-bond donors (Lipinski definition) is 2. The molecule has 6 nitrogen and oxygen atoms in total. The maximum atomic E-state index is 12.0. The molecule has 0 spiro atoms. The first-order valence-electron chi connectivity index (χ1n) is 6.37. The Morgan fingerprint density at radius 2 is 1.90 bits per heavy atom. The highest BCUT2D eigenvalue weighted by atomic mass is 32.2. The molecule has 0 amide bonds. The summed E-state index contributed by atoms with van der Waals surface area (Å²) in [7, 11) is -0.589. The summed E-state index contributed by atoms with van der Waals surface area (Å²) >= 11 is 0. The number of pyridine rings is 1. The van der Waals surface area contributed by atoms with Crippen LogP contribution in [-0.4, -0.2) is 31.8 Å². The highest BCUT2D eigenvalue weighted by Crippen LogP contribution is 2.21. The van der Waals surface area contributed by atoms with Gasteiger partial charge in [-0.2, -0.15) is 0 Å². The van der Waals surface area contributed by atoms with Gasteiger partial charge in [-0.25, -0.2) is 17.7 Å². The predicted octanol–water partition coefficient (Wildman–Crippen LogP) is 1.53. The number of nitrogens with one attached hydrogen (secondary N) is 1. The lowest BCUT2D eigenvalue weighted by Gasteiger charge is -2.13. The van der Waals surface area contributed by atoms with E-state index in [9.17, 15) is 8.42 Å². The van der Waals surface area contributed by atoms with E-state index in [0.717, 1.165) is 9.87 Å². The molecule has 21 heavy (non-hydrogen) atoms. The van der Waals surface area contributed by atoms with Gasteiger partial charge in [0.15, 0.2) is 0 Å². The maximum Gasteiger partial charge on any atom is 0.244 e. The standard InChI is InChI=1S/C14H18N4O2S/c1-18(2)21(19,20)12-8-13(15)14(17-10-12)16-9-11-6-4-3-5-7-11/h3-8,10H,9,15H2,1-2H3,(H,16,17). The normalized spacial score (nSPS) is 11.6. The fraction of sp³-hybridized carbons (Fsp3) is 0.214. The lowest BCUT2D eigenvalue weighted by molar-refractivity contribution is 0.520. The van der Waals surface area contributed by atoms with Crippen LogP contribution in [-0.2, 0) is 16.6 Å². The number of rotatable bonds is 5. The second kappa shape index (κ2) is 6.11. The number of aromatic nitrogens is 1. The summed E-state index contributed by atoms with van der Waals surface area (Å²) in [6.07, 6.45) is 1.30. The summed E-state index contributed by atoms with van der Waals surface area (Å²) in [4.78, 5) is 4.18. The van der Waals surface area contributed by atoms with Crippen LogP contribution in [0.4, 0.5) is 11.5 Å². The molecule has 1 aromatic heterocycles. The molecule has 0 saturated heterocycles. The molecule has 0 saturated carbocycles. The van der Waals surface area contributed by atoms with Crippen LogP contribution in [0, 0.1) is 0 Å². The van der Waals surface area contributed by atoms with E-state index in [0.29, 0.717) is 18.1 Å². The van der Waals surface area contributed by atoms with Crippen LogP contribution in [0.1, 0.15) is 5.56 Å². The molecule has 1 heterocycles. The summed E-state index contributed by atoms with van der Waals surface area (Å²) in [5.41, 5.74) is 7.26. The number of anilines is 2. The van der Waals surface area contributed by atoms with E-state index < -0.39 is 10.0 Å². The van der Waals surface area contributed by atoms with Gasteiger partial charge in [0, 0.05) is 26.8 Å². The molecule has 112 valence electrons. The number of nitrogen functional groups attached to an aromatic ring is 1. The predicted molar refractivity (Wildman–Crippen MR) is 83.3 cm³/mol. The van der Waals surface area contributed by atoms with Crippen LogP contribution < -0.4 is 11.1 Å². The Morgan fingerprint density at radius 1 is 1.24 bits per heavy atom. The molecule has 0 unspecified atom stereocenters. The quantitative estimate of drug-likeness (QED) is 0.874. The van der Waals surface area contributed by atoms with Crippen molar-refractivity contribution in [2.24, 2.45) is 0 Å². The fourth-order valence-electron chi connectivity index (χ4n) is 1.74. The summed E-state index contributed by atoms with van der Waals surface area (Å²) in [5, 5.41) is 3.09. The first-order valence-corrected chi connectivity index (χ1v) is 7.81. The zero-order valence-corrected chi connectivity index (χ0v) is 12.8. The number of benzene rings is 1. The van der Waals surface area contributed by atoms with Gasteiger partial charge >= 0.3 is 0 Å². The Morgan fingerprint density at radius 3 is 2.48 bits per heavy atom. The van der Waals surface area contributed by atoms with E-state index in [4.69, 9.17) is 5.73 Å². The number of hydrogen-bond acceptors (Lipinski definition) is 5. The Labute approximate surface area is 124 Å². The van der Waals surface area contributed by atoms with Gasteiger partial charge in [0.25, 0.3) is 0 Å². The van der Waals surface area contributed by atoms with Crippen molar-refractivity contribution in [2.45, 2.75) is 11.4 Å². The second-order valence-corrected chi connectivity index (χ2v) is 6.89. The molecule has 0 radical (unpaired) electrons. The van der Waals surface area contributed by atoms with Crippen LogP contribution >= 0.6 is 0 Å². The van der Waals surface area contributed by atoms with Crippen molar-refractivity contribution in [3.63, 3.8) is 0 Å². The minimum Gasteiger partial charge on any atom is -0.396 e. The van der Waals surface area contributed by atoms with Crippen LogP contribution in [0.15, 0.2) is 47.5 Å². The number of sulfonamides is 1. The third kappa shape index (κ3) is 3.50. The minimum atomic E-state index is -3.52. The molecule has 0 atom stereocenters. The monoisotopic (exact) mass is 306 g/mol. The van der Waals surface area contributed by atoms with E-state index in [1.807, 2.05) is 30.3 Å². The molecule has 0 aliphatic rings. The lowest BCUT2D eigenvalue weighted by atomic mass is 10.2. The van der Waals surface area contributed by atoms with E-state index in [2.05, 4.69) is 10.3 Å². The van der Waals surface area contributed by atoms with Crippen molar-refractivity contribution in [1.29, 1.82) is 0 Å². The summed E-state index contributed by atoms with van der Waals surface area (Å²) in [6, 6.07) is 11.2. The van der Waals surface area contributed by atoms with Crippen molar-refractivity contribution in [2.75, 3.05) is 25.1 Å². The van der Waals surface area contributed by atoms with Crippen LogP contribution in [0.3, 0.4) is 0 Å². The maximum absolute atomic E-state index is 12.0. The molecule has 0 aliphatic carbocycles. The molecule has 3 N–H and O–H groups in total. The van der Waals surface area contributed by atoms with E-state index in [-0.39, 0.29) is 4.90 Å². The second-order valence-electron chi connectivity index (χ2n) is 4.74. The highest BCUT2D eigenvalue weighted by Gasteiger charge is 2.18. The SMILES string of the molecule is CN(C)S(=O)(=O)c1cnc(NCc2ccccc2)c(N)c1. The van der Waals surface area contributed by atoms with Gasteiger partial charge in [0.1, 0.15) is 10.7 Å². The zero-order valence-electron chi connectivity index (χ0n) is 11.9. The van der Waals surface area contributed by atoms with Crippen LogP contribution in [0.2, 0.25) is 0 Å². The third-order valence-electron chi connectivity index (χ3n) is 2.97. The van der Waals surface area contributed by atoms with E-state index >= 15 is 0 Å². The molecular formula is C14H18N4O2S. The van der Waals surface area contributed by atoms with E-state index in [1.165, 1.54) is 26.4 Å². The van der Waals surface area contributed by atoms with Crippen molar-refractivity contribution in [3.8, 4) is 0 Å². The average molecular weight is 306 g/mol. The molecule has 0 bridgehead atoms. The highest BCUT2D eigenvalue weighted by molar-refractivity contribution is 7.89.